The molecule has 1 aliphatic heterocycles. The van der Waals surface area contributed by atoms with E-state index in [0.717, 1.165) is 12.8 Å². The minimum atomic E-state index is -1.28. The van der Waals surface area contributed by atoms with Gasteiger partial charge in [0.05, 0.1) is 13.2 Å². The summed E-state index contributed by atoms with van der Waals surface area (Å²) in [6.45, 7) is 12.5. The van der Waals surface area contributed by atoms with E-state index in [9.17, 15) is 0 Å². The van der Waals surface area contributed by atoms with Crippen molar-refractivity contribution in [1.82, 2.24) is 0 Å². The van der Waals surface area contributed by atoms with Gasteiger partial charge in [-0.3, -0.25) is 0 Å². The van der Waals surface area contributed by atoms with Crippen molar-refractivity contribution in [3.63, 3.8) is 0 Å². The third-order valence-corrected chi connectivity index (χ3v) is 4.84. The molecule has 2 rings (SSSR count). The van der Waals surface area contributed by atoms with Crippen molar-refractivity contribution in [3.05, 3.63) is 11.6 Å². The molecular formula is C15H24O2Si. The first-order valence-corrected chi connectivity index (χ1v) is 10.3. The fraction of sp³-hybridized carbons (Fsp3) is 0.733. The summed E-state index contributed by atoms with van der Waals surface area (Å²) in [5.41, 5.74) is 4.78. The minimum absolute atomic E-state index is 0.0810. The molecule has 0 atom stereocenters. The minimum Gasteiger partial charge on any atom is -0.347 e. The summed E-state index contributed by atoms with van der Waals surface area (Å²) in [5, 5.41) is 0. The molecule has 0 bridgehead atoms. The molecule has 18 heavy (non-hydrogen) atoms. The Labute approximate surface area is 112 Å². The molecule has 0 N–H and O–H groups in total. The van der Waals surface area contributed by atoms with Gasteiger partial charge in [0.2, 0.25) is 0 Å². The van der Waals surface area contributed by atoms with Gasteiger partial charge < -0.3 is 9.47 Å². The standard InChI is InChI=1S/C15H24O2Si/c1-13(7-6-12-18(3,4)5)15(8-9-15)14(2)16-10-11-17-14/h7H,8-11H2,1-5H3/b13-7+. The molecule has 0 unspecified atom stereocenters. The second kappa shape index (κ2) is 4.52. The summed E-state index contributed by atoms with van der Waals surface area (Å²) in [5.74, 6) is 2.83. The van der Waals surface area contributed by atoms with E-state index in [4.69, 9.17) is 9.47 Å². The predicted octanol–water partition coefficient (Wildman–Crippen LogP) is 3.36. The topological polar surface area (TPSA) is 18.5 Å². The van der Waals surface area contributed by atoms with Crippen molar-refractivity contribution >= 4 is 8.07 Å². The predicted molar refractivity (Wildman–Crippen MR) is 76.9 cm³/mol. The molecule has 0 radical (unpaired) electrons. The molecule has 100 valence electrons. The zero-order chi connectivity index (χ0) is 13.4. The number of rotatable bonds is 2. The third-order valence-electron chi connectivity index (χ3n) is 3.95. The van der Waals surface area contributed by atoms with Crippen LogP contribution in [0.1, 0.15) is 26.7 Å². The van der Waals surface area contributed by atoms with Crippen LogP contribution < -0.4 is 0 Å². The van der Waals surface area contributed by atoms with Crippen LogP contribution in [0.25, 0.3) is 0 Å². The molecule has 0 aromatic heterocycles. The Balaban J connectivity index is 2.15. The van der Waals surface area contributed by atoms with E-state index in [1.807, 2.05) is 0 Å². The average molecular weight is 264 g/mol. The summed E-state index contributed by atoms with van der Waals surface area (Å²) in [7, 11) is -1.28. The van der Waals surface area contributed by atoms with Crippen LogP contribution >= 0.6 is 0 Å². The van der Waals surface area contributed by atoms with Crippen LogP contribution in [-0.2, 0) is 9.47 Å². The van der Waals surface area contributed by atoms with Crippen molar-refractivity contribution < 1.29 is 9.47 Å². The van der Waals surface area contributed by atoms with Crippen molar-refractivity contribution in [2.45, 2.75) is 52.1 Å². The SMILES string of the molecule is C/C(=C\C#C[Si](C)(C)C)C1(C2(C)OCCO2)CC1. The van der Waals surface area contributed by atoms with Crippen LogP contribution in [0.5, 0.6) is 0 Å². The maximum atomic E-state index is 5.83. The Morgan fingerprint density at radius 2 is 1.72 bits per heavy atom. The highest BCUT2D eigenvalue weighted by molar-refractivity contribution is 6.83. The third kappa shape index (κ3) is 2.56. The highest BCUT2D eigenvalue weighted by Gasteiger charge is 2.61. The second-order valence-corrected chi connectivity index (χ2v) is 11.3. The lowest BCUT2D eigenvalue weighted by atomic mass is 9.88. The van der Waals surface area contributed by atoms with Crippen LogP contribution in [0.15, 0.2) is 11.6 Å². The largest absolute Gasteiger partial charge is 0.347 e. The lowest BCUT2D eigenvalue weighted by molar-refractivity contribution is -0.182. The average Bonchev–Trinajstić information content (AvgIpc) is 2.96. The number of allylic oxidation sites excluding steroid dienone is 1. The van der Waals surface area contributed by atoms with Gasteiger partial charge in [0.1, 0.15) is 8.07 Å². The van der Waals surface area contributed by atoms with Gasteiger partial charge in [-0.25, -0.2) is 0 Å². The van der Waals surface area contributed by atoms with Gasteiger partial charge in [0.25, 0.3) is 0 Å². The van der Waals surface area contributed by atoms with E-state index >= 15 is 0 Å². The number of hydrogen-bond donors (Lipinski definition) is 0. The monoisotopic (exact) mass is 264 g/mol. The first-order valence-electron chi connectivity index (χ1n) is 6.77. The van der Waals surface area contributed by atoms with E-state index in [1.54, 1.807) is 0 Å². The molecule has 2 aliphatic rings. The molecule has 2 fully saturated rings. The molecule has 0 aromatic rings. The maximum Gasteiger partial charge on any atom is 0.174 e. The summed E-state index contributed by atoms with van der Waals surface area (Å²) in [6.07, 6.45) is 4.39. The van der Waals surface area contributed by atoms with Gasteiger partial charge in [-0.2, -0.15) is 0 Å². The Morgan fingerprint density at radius 1 is 1.17 bits per heavy atom. The second-order valence-electron chi connectivity index (χ2n) is 6.57. The lowest BCUT2D eigenvalue weighted by Crippen LogP contribution is -2.38. The molecule has 0 aromatic carbocycles. The highest BCUT2D eigenvalue weighted by atomic mass is 28.3. The van der Waals surface area contributed by atoms with E-state index in [-0.39, 0.29) is 5.41 Å². The van der Waals surface area contributed by atoms with Gasteiger partial charge in [0.15, 0.2) is 5.79 Å². The first kappa shape index (κ1) is 13.9. The van der Waals surface area contributed by atoms with Crippen LogP contribution in [0.2, 0.25) is 19.6 Å². The molecule has 1 heterocycles. The van der Waals surface area contributed by atoms with Gasteiger partial charge in [-0.05, 0) is 32.8 Å². The van der Waals surface area contributed by atoms with Crippen molar-refractivity contribution in [3.8, 4) is 11.5 Å². The van der Waals surface area contributed by atoms with E-state index < -0.39 is 13.9 Å². The van der Waals surface area contributed by atoms with Crippen molar-refractivity contribution in [2.75, 3.05) is 13.2 Å². The zero-order valence-electron chi connectivity index (χ0n) is 12.2. The summed E-state index contributed by atoms with van der Waals surface area (Å²) >= 11 is 0. The Morgan fingerprint density at radius 3 is 2.17 bits per heavy atom. The number of hydrogen-bond acceptors (Lipinski definition) is 2. The molecule has 2 nitrogen and oxygen atoms in total. The summed E-state index contributed by atoms with van der Waals surface area (Å²) < 4.78 is 11.7. The lowest BCUT2D eigenvalue weighted by Gasteiger charge is -2.33. The molecule has 1 saturated carbocycles. The van der Waals surface area contributed by atoms with Gasteiger partial charge in [-0.15, -0.1) is 5.54 Å². The highest BCUT2D eigenvalue weighted by Crippen LogP contribution is 2.61. The summed E-state index contributed by atoms with van der Waals surface area (Å²) in [4.78, 5) is 0. The molecule has 1 aliphatic carbocycles. The fourth-order valence-electron chi connectivity index (χ4n) is 2.62. The van der Waals surface area contributed by atoms with Gasteiger partial charge in [-0.1, -0.05) is 31.1 Å². The molecular weight excluding hydrogens is 240 g/mol. The van der Waals surface area contributed by atoms with E-state index in [1.165, 1.54) is 5.57 Å². The van der Waals surface area contributed by atoms with Crippen LogP contribution in [0.3, 0.4) is 0 Å². The van der Waals surface area contributed by atoms with Crippen LogP contribution in [0.4, 0.5) is 0 Å². The summed E-state index contributed by atoms with van der Waals surface area (Å²) in [6, 6.07) is 0. The smallest absolute Gasteiger partial charge is 0.174 e. The maximum absolute atomic E-state index is 5.83. The normalized spacial score (nSPS) is 25.5. The Kier molecular flexibility index (Phi) is 3.48. The van der Waals surface area contributed by atoms with Crippen LogP contribution in [-0.4, -0.2) is 27.1 Å². The van der Waals surface area contributed by atoms with Crippen molar-refractivity contribution in [1.29, 1.82) is 0 Å². The van der Waals surface area contributed by atoms with Crippen molar-refractivity contribution in [2.24, 2.45) is 5.41 Å². The van der Waals surface area contributed by atoms with Gasteiger partial charge in [0, 0.05) is 5.41 Å². The molecule has 1 saturated heterocycles. The Hall–Kier alpha value is -0.563. The zero-order valence-corrected chi connectivity index (χ0v) is 13.2. The first-order chi connectivity index (χ1) is 8.29. The van der Waals surface area contributed by atoms with E-state index in [2.05, 4.69) is 51.0 Å². The molecule has 0 amide bonds. The van der Waals surface area contributed by atoms with Crippen LogP contribution in [0, 0.1) is 16.9 Å². The molecule has 0 spiro atoms. The Bertz CT molecular complexity index is 410. The molecule has 3 heteroatoms. The fourth-order valence-corrected chi connectivity index (χ4v) is 3.13. The quantitative estimate of drug-likeness (QED) is 0.562. The number of ether oxygens (including phenoxy) is 2. The van der Waals surface area contributed by atoms with Gasteiger partial charge >= 0.3 is 0 Å². The van der Waals surface area contributed by atoms with E-state index in [0.29, 0.717) is 13.2 Å².